The Bertz CT molecular complexity index is 866. The predicted molar refractivity (Wildman–Crippen MR) is 105 cm³/mol. The molecule has 150 valence electrons. The van der Waals surface area contributed by atoms with E-state index in [1.54, 1.807) is 5.38 Å². The third kappa shape index (κ3) is 3.79. The second kappa shape index (κ2) is 7.81. The van der Waals surface area contributed by atoms with Gasteiger partial charge < -0.3 is 19.7 Å². The fourth-order valence-corrected chi connectivity index (χ4v) is 5.14. The zero-order valence-electron chi connectivity index (χ0n) is 16.0. The zero-order valence-corrected chi connectivity index (χ0v) is 16.8. The first-order chi connectivity index (χ1) is 13.4. The van der Waals surface area contributed by atoms with Gasteiger partial charge in [0.05, 0.1) is 18.8 Å². The summed E-state index contributed by atoms with van der Waals surface area (Å²) in [6.07, 6.45) is 1.59. The number of carbonyl (C=O) groups is 1. The van der Waals surface area contributed by atoms with E-state index < -0.39 is 12.1 Å². The van der Waals surface area contributed by atoms with E-state index in [1.165, 1.54) is 22.5 Å². The summed E-state index contributed by atoms with van der Waals surface area (Å²) in [6.45, 7) is 4.60. The Morgan fingerprint density at radius 1 is 1.32 bits per heavy atom. The molecule has 2 N–H and O–H groups in total. The van der Waals surface area contributed by atoms with E-state index in [0.717, 1.165) is 18.6 Å². The number of aryl methyl sites for hydroxylation is 2. The number of rotatable bonds is 5. The molecule has 7 heteroatoms. The summed E-state index contributed by atoms with van der Waals surface area (Å²) in [7, 11) is 0. The largest absolute Gasteiger partial charge is 0.493 e. The summed E-state index contributed by atoms with van der Waals surface area (Å²) in [4.78, 5) is 15.2. The summed E-state index contributed by atoms with van der Waals surface area (Å²) >= 11 is 1.33. The van der Waals surface area contributed by atoms with Gasteiger partial charge in [-0.1, -0.05) is 6.07 Å². The molecule has 1 aromatic carbocycles. The number of hydrogen-bond donors (Lipinski definition) is 2. The molecule has 1 saturated heterocycles. The number of benzene rings is 1. The number of aromatic nitrogens is 1. The first-order valence-electron chi connectivity index (χ1n) is 9.64. The van der Waals surface area contributed by atoms with Crippen molar-refractivity contribution in [3.8, 4) is 5.75 Å². The minimum absolute atomic E-state index is 0.0402. The van der Waals surface area contributed by atoms with Gasteiger partial charge >= 0.3 is 5.97 Å². The van der Waals surface area contributed by atoms with Gasteiger partial charge in [-0.3, -0.25) is 0 Å². The number of fused-ring (bicyclic) bond motifs is 1. The highest BCUT2D eigenvalue weighted by Crippen LogP contribution is 2.46. The van der Waals surface area contributed by atoms with E-state index >= 15 is 0 Å². The number of aliphatic hydroxyl groups excluding tert-OH is 1. The molecule has 1 aliphatic carbocycles. The van der Waals surface area contributed by atoms with E-state index in [4.69, 9.17) is 14.6 Å². The SMILES string of the molecule is Cc1ccc(OC[C@@H]2[C@H]3CC[C@H](c4nc(C(=O)O)cs4)O[C@H]3C[C@H]2O)cc1C. The number of nitrogens with zero attached hydrogens (tertiary/aromatic N) is 1. The molecule has 2 aromatic rings. The van der Waals surface area contributed by atoms with Crippen LogP contribution < -0.4 is 4.74 Å². The molecule has 4 rings (SSSR count). The maximum absolute atomic E-state index is 11.1. The van der Waals surface area contributed by atoms with E-state index in [0.29, 0.717) is 18.0 Å². The maximum Gasteiger partial charge on any atom is 0.355 e. The first-order valence-corrected chi connectivity index (χ1v) is 10.5. The van der Waals surface area contributed by atoms with Gasteiger partial charge in [-0.15, -0.1) is 11.3 Å². The van der Waals surface area contributed by atoms with Crippen molar-refractivity contribution in [2.45, 2.75) is 51.4 Å². The molecular weight excluding hydrogens is 378 g/mol. The standard InChI is InChI=1S/C21H25NO5S/c1-11-3-4-13(7-12(11)2)26-9-15-14-5-6-18(27-19(14)8-17(15)23)20-22-16(10-28-20)21(24)25/h3-4,7,10,14-15,17-19,23H,5-6,8-9H2,1-2H3,(H,24,25)/t14-,15-,17-,18-,19+/m1/s1. The molecule has 0 radical (unpaired) electrons. The highest BCUT2D eigenvalue weighted by Gasteiger charge is 2.47. The third-order valence-corrected chi connectivity index (χ3v) is 6.97. The van der Waals surface area contributed by atoms with Crippen molar-refractivity contribution in [2.24, 2.45) is 11.8 Å². The highest BCUT2D eigenvalue weighted by atomic mass is 32.1. The molecule has 2 fully saturated rings. The van der Waals surface area contributed by atoms with Gasteiger partial charge in [0, 0.05) is 17.7 Å². The first kappa shape index (κ1) is 19.4. The van der Waals surface area contributed by atoms with Crippen LogP contribution in [0.1, 0.15) is 52.0 Å². The van der Waals surface area contributed by atoms with Crippen LogP contribution in [0.3, 0.4) is 0 Å². The highest BCUT2D eigenvalue weighted by molar-refractivity contribution is 7.09. The number of carboxylic acids is 1. The van der Waals surface area contributed by atoms with Gasteiger partial charge in [0.15, 0.2) is 5.69 Å². The Balaban J connectivity index is 1.39. The molecule has 0 bridgehead atoms. The molecular formula is C21H25NO5S. The van der Waals surface area contributed by atoms with Crippen LogP contribution in [0.5, 0.6) is 5.75 Å². The average Bonchev–Trinajstić information content (AvgIpc) is 3.27. The molecule has 0 amide bonds. The number of ether oxygens (including phenoxy) is 2. The van der Waals surface area contributed by atoms with Crippen molar-refractivity contribution >= 4 is 17.3 Å². The fraction of sp³-hybridized carbons (Fsp3) is 0.524. The van der Waals surface area contributed by atoms with Crippen molar-refractivity contribution in [3.05, 3.63) is 45.4 Å². The van der Waals surface area contributed by atoms with Gasteiger partial charge in [0.1, 0.15) is 16.9 Å². The van der Waals surface area contributed by atoms with Gasteiger partial charge in [0.25, 0.3) is 0 Å². The van der Waals surface area contributed by atoms with Gasteiger partial charge in [-0.2, -0.15) is 0 Å². The minimum Gasteiger partial charge on any atom is -0.493 e. The Hall–Kier alpha value is -1.96. The number of aromatic carboxylic acids is 1. The second-order valence-electron chi connectivity index (χ2n) is 7.80. The summed E-state index contributed by atoms with van der Waals surface area (Å²) in [5.74, 6) is 0.100. The van der Waals surface area contributed by atoms with Gasteiger partial charge in [0.2, 0.25) is 0 Å². The lowest BCUT2D eigenvalue weighted by Crippen LogP contribution is -2.33. The van der Waals surface area contributed by atoms with Crippen molar-refractivity contribution in [1.29, 1.82) is 0 Å². The molecule has 2 heterocycles. The second-order valence-corrected chi connectivity index (χ2v) is 8.69. The molecule has 6 nitrogen and oxygen atoms in total. The Kier molecular flexibility index (Phi) is 5.40. The summed E-state index contributed by atoms with van der Waals surface area (Å²) in [5, 5.41) is 21.9. The summed E-state index contributed by atoms with van der Waals surface area (Å²) < 4.78 is 12.2. The number of aliphatic hydroxyl groups is 1. The summed E-state index contributed by atoms with van der Waals surface area (Å²) in [6, 6.07) is 6.05. The van der Waals surface area contributed by atoms with E-state index in [9.17, 15) is 9.90 Å². The topological polar surface area (TPSA) is 88.9 Å². The molecule has 2 aliphatic rings. The predicted octanol–water partition coefficient (Wildman–Crippen LogP) is 3.75. The lowest BCUT2D eigenvalue weighted by atomic mass is 9.87. The Morgan fingerprint density at radius 3 is 2.86 bits per heavy atom. The van der Waals surface area contributed by atoms with E-state index in [1.807, 2.05) is 18.2 Å². The van der Waals surface area contributed by atoms with Crippen molar-refractivity contribution in [1.82, 2.24) is 4.98 Å². The Morgan fingerprint density at radius 2 is 2.14 bits per heavy atom. The fourth-order valence-electron chi connectivity index (χ4n) is 4.27. The van der Waals surface area contributed by atoms with Crippen LogP contribution in [0.15, 0.2) is 23.6 Å². The molecule has 1 saturated carbocycles. The quantitative estimate of drug-likeness (QED) is 0.790. The van der Waals surface area contributed by atoms with Crippen LogP contribution in [0.25, 0.3) is 0 Å². The number of carboxylic acid groups (broad SMARTS) is 1. The summed E-state index contributed by atoms with van der Waals surface area (Å²) in [5.41, 5.74) is 2.49. The van der Waals surface area contributed by atoms with Crippen LogP contribution >= 0.6 is 11.3 Å². The van der Waals surface area contributed by atoms with Crippen molar-refractivity contribution < 1.29 is 24.5 Å². The van der Waals surface area contributed by atoms with Gasteiger partial charge in [-0.25, -0.2) is 9.78 Å². The van der Waals surface area contributed by atoms with Crippen LogP contribution in [-0.4, -0.2) is 40.0 Å². The van der Waals surface area contributed by atoms with Crippen LogP contribution in [0.2, 0.25) is 0 Å². The van der Waals surface area contributed by atoms with Crippen LogP contribution in [0.4, 0.5) is 0 Å². The zero-order chi connectivity index (χ0) is 19.8. The molecule has 0 spiro atoms. The molecule has 1 aliphatic heterocycles. The molecule has 1 aromatic heterocycles. The average molecular weight is 404 g/mol. The molecule has 0 unspecified atom stereocenters. The number of thiazole rings is 1. The van der Waals surface area contributed by atoms with Crippen LogP contribution in [-0.2, 0) is 4.74 Å². The van der Waals surface area contributed by atoms with E-state index in [-0.39, 0.29) is 29.7 Å². The van der Waals surface area contributed by atoms with Crippen LogP contribution in [0, 0.1) is 25.7 Å². The molecule has 28 heavy (non-hydrogen) atoms. The maximum atomic E-state index is 11.1. The lowest BCUT2D eigenvalue weighted by Gasteiger charge is -2.33. The van der Waals surface area contributed by atoms with Crippen molar-refractivity contribution in [2.75, 3.05) is 6.61 Å². The molecule has 5 atom stereocenters. The van der Waals surface area contributed by atoms with Crippen molar-refractivity contribution in [3.63, 3.8) is 0 Å². The Labute approximate surface area is 168 Å². The lowest BCUT2D eigenvalue weighted by molar-refractivity contribution is -0.0811. The smallest absolute Gasteiger partial charge is 0.355 e. The minimum atomic E-state index is -1.02. The van der Waals surface area contributed by atoms with E-state index in [2.05, 4.69) is 18.8 Å². The normalized spacial score (nSPS) is 29.5. The van der Waals surface area contributed by atoms with Gasteiger partial charge in [-0.05, 0) is 55.9 Å². The number of hydrogen-bond acceptors (Lipinski definition) is 6. The third-order valence-electron chi connectivity index (χ3n) is 6.03. The monoisotopic (exact) mass is 403 g/mol.